The van der Waals surface area contributed by atoms with Crippen LogP contribution in [-0.2, 0) is 6.54 Å². The third-order valence-electron chi connectivity index (χ3n) is 3.50. The number of hydrogen-bond donors (Lipinski definition) is 1. The summed E-state index contributed by atoms with van der Waals surface area (Å²) in [4.78, 5) is 0. The molecule has 1 N–H and O–H groups in total. The van der Waals surface area contributed by atoms with Gasteiger partial charge in [-0.25, -0.2) is 0 Å². The van der Waals surface area contributed by atoms with Crippen molar-refractivity contribution in [2.45, 2.75) is 33.1 Å². The van der Waals surface area contributed by atoms with E-state index in [2.05, 4.69) is 56.1 Å². The summed E-state index contributed by atoms with van der Waals surface area (Å²) in [6.45, 7) is 10.0. The number of aryl methyl sites for hydroxylation is 1. The average Bonchev–Trinajstić information content (AvgIpc) is 2.39. The summed E-state index contributed by atoms with van der Waals surface area (Å²) in [5.41, 5.74) is 3.62. The van der Waals surface area contributed by atoms with E-state index in [0.717, 1.165) is 17.3 Å². The minimum atomic E-state index is -1.20. The zero-order chi connectivity index (χ0) is 14.8. The van der Waals surface area contributed by atoms with Crippen LogP contribution in [0.4, 0.5) is 5.69 Å². The van der Waals surface area contributed by atoms with Crippen molar-refractivity contribution >= 4 is 30.5 Å². The van der Waals surface area contributed by atoms with Crippen molar-refractivity contribution in [3.63, 3.8) is 0 Å². The smallest absolute Gasteiger partial charge is 0.0775 e. The molecule has 0 saturated heterocycles. The molecule has 0 aliphatic carbocycles. The first kappa shape index (κ1) is 15.1. The van der Waals surface area contributed by atoms with E-state index < -0.39 is 8.07 Å². The maximum atomic E-state index is 6.03. The van der Waals surface area contributed by atoms with E-state index in [-0.39, 0.29) is 0 Å². The molecule has 2 aromatic carbocycles. The Labute approximate surface area is 128 Å². The Morgan fingerprint density at radius 1 is 1.00 bits per heavy atom. The van der Waals surface area contributed by atoms with Gasteiger partial charge in [-0.05, 0) is 30.2 Å². The van der Waals surface area contributed by atoms with Crippen molar-refractivity contribution in [1.82, 2.24) is 0 Å². The summed E-state index contributed by atoms with van der Waals surface area (Å²) in [6.07, 6.45) is 0. The molecular weight excluding hydrogens is 282 g/mol. The molecule has 106 valence electrons. The molecule has 0 aliphatic rings. The monoisotopic (exact) mass is 303 g/mol. The molecule has 0 aromatic heterocycles. The second-order valence-corrected chi connectivity index (χ2v) is 11.8. The summed E-state index contributed by atoms with van der Waals surface area (Å²) in [7, 11) is -1.20. The van der Waals surface area contributed by atoms with Crippen LogP contribution in [0, 0.1) is 6.92 Å². The van der Waals surface area contributed by atoms with Crippen molar-refractivity contribution in [2.24, 2.45) is 0 Å². The second kappa shape index (κ2) is 6.02. The third-order valence-corrected chi connectivity index (χ3v) is 5.80. The first-order valence-electron chi connectivity index (χ1n) is 6.96. The summed E-state index contributed by atoms with van der Waals surface area (Å²) in [5, 5.41) is 5.73. The molecule has 2 rings (SSSR count). The number of rotatable bonds is 4. The fourth-order valence-electron chi connectivity index (χ4n) is 2.10. The largest absolute Gasteiger partial charge is 0.381 e. The molecule has 0 aliphatic heterocycles. The van der Waals surface area contributed by atoms with Gasteiger partial charge >= 0.3 is 0 Å². The standard InChI is InChI=1S/C17H22ClNSi/c1-13-5-8-15(18)11-17(13)19-12-14-6-9-16(10-7-14)20(2,3)4/h5-11,19H,12H2,1-4H3. The van der Waals surface area contributed by atoms with Crippen molar-refractivity contribution in [2.75, 3.05) is 5.32 Å². The molecule has 0 amide bonds. The highest BCUT2D eigenvalue weighted by Gasteiger charge is 2.15. The van der Waals surface area contributed by atoms with E-state index in [9.17, 15) is 0 Å². The van der Waals surface area contributed by atoms with Gasteiger partial charge in [0.05, 0.1) is 8.07 Å². The molecule has 0 heterocycles. The molecule has 0 spiro atoms. The number of benzene rings is 2. The number of halogens is 1. The van der Waals surface area contributed by atoms with Crippen LogP contribution in [0.5, 0.6) is 0 Å². The molecule has 0 bridgehead atoms. The Balaban J connectivity index is 2.06. The van der Waals surface area contributed by atoms with Gasteiger partial charge in [0.1, 0.15) is 0 Å². The minimum absolute atomic E-state index is 0.771. The maximum absolute atomic E-state index is 6.03. The van der Waals surface area contributed by atoms with Crippen molar-refractivity contribution in [3.05, 3.63) is 58.6 Å². The van der Waals surface area contributed by atoms with Gasteiger partial charge in [-0.1, -0.05) is 66.8 Å². The molecule has 0 atom stereocenters. The van der Waals surface area contributed by atoms with Gasteiger partial charge in [0, 0.05) is 17.3 Å². The van der Waals surface area contributed by atoms with Crippen molar-refractivity contribution < 1.29 is 0 Å². The van der Waals surface area contributed by atoms with Gasteiger partial charge in [0.25, 0.3) is 0 Å². The molecule has 1 nitrogen and oxygen atoms in total. The summed E-state index contributed by atoms with van der Waals surface area (Å²) >= 11 is 6.03. The Morgan fingerprint density at radius 3 is 2.25 bits per heavy atom. The van der Waals surface area contributed by atoms with Crippen molar-refractivity contribution in [3.8, 4) is 0 Å². The van der Waals surface area contributed by atoms with Gasteiger partial charge in [-0.3, -0.25) is 0 Å². The van der Waals surface area contributed by atoms with Crippen LogP contribution in [0.25, 0.3) is 0 Å². The molecule has 3 heteroatoms. The first-order chi connectivity index (χ1) is 9.36. The van der Waals surface area contributed by atoms with Crippen LogP contribution in [0.3, 0.4) is 0 Å². The number of anilines is 1. The average molecular weight is 304 g/mol. The predicted molar refractivity (Wildman–Crippen MR) is 92.9 cm³/mol. The molecule has 0 unspecified atom stereocenters. The third kappa shape index (κ3) is 3.87. The highest BCUT2D eigenvalue weighted by Crippen LogP contribution is 2.20. The zero-order valence-corrected chi connectivity index (χ0v) is 14.4. The van der Waals surface area contributed by atoms with E-state index in [1.165, 1.54) is 16.3 Å². The Morgan fingerprint density at radius 2 is 1.65 bits per heavy atom. The van der Waals surface area contributed by atoms with Crippen LogP contribution in [0.1, 0.15) is 11.1 Å². The van der Waals surface area contributed by atoms with E-state index >= 15 is 0 Å². The van der Waals surface area contributed by atoms with Crippen LogP contribution in [0.15, 0.2) is 42.5 Å². The topological polar surface area (TPSA) is 12.0 Å². The van der Waals surface area contributed by atoms with E-state index in [0.29, 0.717) is 0 Å². The van der Waals surface area contributed by atoms with E-state index in [1.54, 1.807) is 0 Å². The molecule has 2 aromatic rings. The summed E-state index contributed by atoms with van der Waals surface area (Å²) < 4.78 is 0. The van der Waals surface area contributed by atoms with Crippen LogP contribution in [-0.4, -0.2) is 8.07 Å². The molecule has 20 heavy (non-hydrogen) atoms. The second-order valence-electron chi connectivity index (χ2n) is 6.26. The summed E-state index contributed by atoms with van der Waals surface area (Å²) in [6, 6.07) is 14.9. The lowest BCUT2D eigenvalue weighted by Crippen LogP contribution is -2.37. The Kier molecular flexibility index (Phi) is 4.56. The normalized spacial score (nSPS) is 11.4. The highest BCUT2D eigenvalue weighted by molar-refractivity contribution is 6.88. The SMILES string of the molecule is Cc1ccc(Cl)cc1NCc1ccc([Si](C)(C)C)cc1. The Hall–Kier alpha value is -1.25. The van der Waals surface area contributed by atoms with Crippen LogP contribution < -0.4 is 10.5 Å². The van der Waals surface area contributed by atoms with Gasteiger partial charge in [-0.2, -0.15) is 0 Å². The quantitative estimate of drug-likeness (QED) is 0.800. The first-order valence-corrected chi connectivity index (χ1v) is 10.8. The summed E-state index contributed by atoms with van der Waals surface area (Å²) in [5.74, 6) is 0. The molecule has 0 radical (unpaired) electrons. The molecule has 0 fully saturated rings. The van der Waals surface area contributed by atoms with Gasteiger partial charge in [0.15, 0.2) is 0 Å². The Bertz CT molecular complexity index is 585. The van der Waals surface area contributed by atoms with Gasteiger partial charge in [0.2, 0.25) is 0 Å². The van der Waals surface area contributed by atoms with Crippen LogP contribution >= 0.6 is 11.6 Å². The molecule has 0 saturated carbocycles. The van der Waals surface area contributed by atoms with Gasteiger partial charge < -0.3 is 5.32 Å². The maximum Gasteiger partial charge on any atom is 0.0775 e. The molecular formula is C17H22ClNSi. The van der Waals surface area contributed by atoms with Crippen molar-refractivity contribution in [1.29, 1.82) is 0 Å². The predicted octanol–water partition coefficient (Wildman–Crippen LogP) is 4.81. The van der Waals surface area contributed by atoms with E-state index in [1.807, 2.05) is 18.2 Å². The lowest BCUT2D eigenvalue weighted by atomic mass is 10.2. The lowest BCUT2D eigenvalue weighted by Gasteiger charge is -2.17. The fraction of sp³-hybridized carbons (Fsp3) is 0.294. The number of nitrogens with one attached hydrogen (secondary N) is 1. The van der Waals surface area contributed by atoms with Gasteiger partial charge in [-0.15, -0.1) is 0 Å². The number of hydrogen-bond acceptors (Lipinski definition) is 1. The lowest BCUT2D eigenvalue weighted by molar-refractivity contribution is 1.14. The minimum Gasteiger partial charge on any atom is -0.381 e. The van der Waals surface area contributed by atoms with Crippen LogP contribution in [0.2, 0.25) is 24.7 Å². The fourth-order valence-corrected chi connectivity index (χ4v) is 3.44. The van der Waals surface area contributed by atoms with E-state index in [4.69, 9.17) is 11.6 Å². The zero-order valence-electron chi connectivity index (χ0n) is 12.6. The highest BCUT2D eigenvalue weighted by atomic mass is 35.5.